The minimum absolute atomic E-state index is 0.105. The van der Waals surface area contributed by atoms with Crippen LogP contribution in [0.2, 0.25) is 0 Å². The van der Waals surface area contributed by atoms with Crippen LogP contribution in [0.25, 0.3) is 0 Å². The number of hydrogen-bond acceptors (Lipinski definition) is 4. The standard InChI is InChI=1S/C10H15N3O2/c14-6-8-3-1-2-4-13(8)9-5-10(15)12-7-11-9/h5,7-8,14H,1-4,6H2,(H,11,12,15). The predicted octanol–water partition coefficient (Wildman–Crippen LogP) is 0.121. The van der Waals surface area contributed by atoms with Crippen LogP contribution < -0.4 is 10.5 Å². The summed E-state index contributed by atoms with van der Waals surface area (Å²) >= 11 is 0. The van der Waals surface area contributed by atoms with Gasteiger partial charge in [-0.1, -0.05) is 0 Å². The normalized spacial score (nSPS) is 21.7. The molecule has 1 aromatic rings. The van der Waals surface area contributed by atoms with Crippen molar-refractivity contribution in [3.63, 3.8) is 0 Å². The van der Waals surface area contributed by atoms with Crippen LogP contribution in [-0.4, -0.2) is 34.3 Å². The van der Waals surface area contributed by atoms with Crippen molar-refractivity contribution in [2.75, 3.05) is 18.1 Å². The van der Waals surface area contributed by atoms with Gasteiger partial charge in [0.05, 0.1) is 19.0 Å². The molecule has 0 amide bonds. The lowest BCUT2D eigenvalue weighted by molar-refractivity contribution is 0.239. The maximum atomic E-state index is 11.1. The number of nitrogens with one attached hydrogen (secondary N) is 1. The second-order valence-electron chi connectivity index (χ2n) is 3.79. The predicted molar refractivity (Wildman–Crippen MR) is 56.9 cm³/mol. The van der Waals surface area contributed by atoms with E-state index in [9.17, 15) is 9.90 Å². The second-order valence-corrected chi connectivity index (χ2v) is 3.79. The van der Waals surface area contributed by atoms with Gasteiger partial charge in [0, 0.05) is 12.6 Å². The summed E-state index contributed by atoms with van der Waals surface area (Å²) in [5.74, 6) is 0.664. The summed E-state index contributed by atoms with van der Waals surface area (Å²) in [6, 6.07) is 1.58. The summed E-state index contributed by atoms with van der Waals surface area (Å²) in [5.41, 5.74) is -0.151. The molecule has 2 N–H and O–H groups in total. The Labute approximate surface area is 87.8 Å². The van der Waals surface area contributed by atoms with E-state index in [-0.39, 0.29) is 18.2 Å². The summed E-state index contributed by atoms with van der Waals surface area (Å²) < 4.78 is 0. The fourth-order valence-electron chi connectivity index (χ4n) is 2.01. The number of aromatic nitrogens is 2. The maximum absolute atomic E-state index is 11.1. The molecule has 5 nitrogen and oxygen atoms in total. The molecule has 2 heterocycles. The molecule has 1 aliphatic heterocycles. The quantitative estimate of drug-likeness (QED) is 0.726. The lowest BCUT2D eigenvalue weighted by Crippen LogP contribution is -2.42. The minimum atomic E-state index is -0.151. The molecule has 1 aromatic heterocycles. The molecule has 1 atom stereocenters. The highest BCUT2D eigenvalue weighted by Gasteiger charge is 2.22. The zero-order valence-corrected chi connectivity index (χ0v) is 8.52. The fourth-order valence-corrected chi connectivity index (χ4v) is 2.01. The van der Waals surface area contributed by atoms with Crippen LogP contribution in [0.4, 0.5) is 5.82 Å². The Morgan fingerprint density at radius 3 is 3.20 bits per heavy atom. The Balaban J connectivity index is 2.24. The number of hydrogen-bond donors (Lipinski definition) is 2. The van der Waals surface area contributed by atoms with Crippen molar-refractivity contribution in [3.8, 4) is 0 Å². The van der Waals surface area contributed by atoms with Crippen LogP contribution in [-0.2, 0) is 0 Å². The highest BCUT2D eigenvalue weighted by molar-refractivity contribution is 5.38. The van der Waals surface area contributed by atoms with Crippen molar-refractivity contribution in [2.24, 2.45) is 0 Å². The van der Waals surface area contributed by atoms with Crippen LogP contribution in [0.1, 0.15) is 19.3 Å². The molecular formula is C10H15N3O2. The van der Waals surface area contributed by atoms with Gasteiger partial charge in [-0.3, -0.25) is 4.79 Å². The Hall–Kier alpha value is -1.36. The number of nitrogens with zero attached hydrogens (tertiary/aromatic N) is 2. The number of aliphatic hydroxyl groups excluding tert-OH is 1. The van der Waals surface area contributed by atoms with E-state index in [2.05, 4.69) is 9.97 Å². The highest BCUT2D eigenvalue weighted by atomic mass is 16.3. The van der Waals surface area contributed by atoms with E-state index in [1.807, 2.05) is 4.90 Å². The summed E-state index contributed by atoms with van der Waals surface area (Å²) in [4.78, 5) is 19.8. The van der Waals surface area contributed by atoms with Crippen molar-refractivity contribution in [2.45, 2.75) is 25.3 Å². The topological polar surface area (TPSA) is 69.2 Å². The monoisotopic (exact) mass is 209 g/mol. The van der Waals surface area contributed by atoms with Crippen LogP contribution >= 0.6 is 0 Å². The van der Waals surface area contributed by atoms with E-state index in [1.54, 1.807) is 0 Å². The SMILES string of the molecule is O=c1cc(N2CCCCC2CO)nc[nH]1. The third-order valence-corrected chi connectivity index (χ3v) is 2.80. The van der Waals surface area contributed by atoms with Gasteiger partial charge in [-0.25, -0.2) is 4.98 Å². The first-order valence-electron chi connectivity index (χ1n) is 5.23. The molecule has 5 heteroatoms. The molecule has 15 heavy (non-hydrogen) atoms. The van der Waals surface area contributed by atoms with Gasteiger partial charge >= 0.3 is 0 Å². The van der Waals surface area contributed by atoms with Gasteiger partial charge in [0.25, 0.3) is 5.56 Å². The Morgan fingerprint density at radius 1 is 1.60 bits per heavy atom. The lowest BCUT2D eigenvalue weighted by atomic mass is 10.0. The van der Waals surface area contributed by atoms with Crippen LogP contribution in [0.15, 0.2) is 17.2 Å². The first-order chi connectivity index (χ1) is 7.31. The number of aromatic amines is 1. The molecule has 0 saturated carbocycles. The zero-order chi connectivity index (χ0) is 10.7. The van der Waals surface area contributed by atoms with E-state index in [0.29, 0.717) is 5.82 Å². The molecule has 0 aliphatic carbocycles. The lowest BCUT2D eigenvalue weighted by Gasteiger charge is -2.35. The van der Waals surface area contributed by atoms with Crippen molar-refractivity contribution >= 4 is 5.82 Å². The van der Waals surface area contributed by atoms with E-state index < -0.39 is 0 Å². The Bertz CT molecular complexity index is 377. The summed E-state index contributed by atoms with van der Waals surface area (Å²) in [6.07, 6.45) is 4.58. The molecule has 0 spiro atoms. The molecule has 0 aromatic carbocycles. The van der Waals surface area contributed by atoms with Gasteiger partial charge in [0.1, 0.15) is 5.82 Å². The van der Waals surface area contributed by atoms with E-state index in [1.165, 1.54) is 12.4 Å². The molecule has 1 aliphatic rings. The second kappa shape index (κ2) is 4.44. The average molecular weight is 209 g/mol. The summed E-state index contributed by atoms with van der Waals surface area (Å²) in [6.45, 7) is 0.982. The van der Waals surface area contributed by atoms with Crippen molar-refractivity contribution in [3.05, 3.63) is 22.7 Å². The molecule has 1 unspecified atom stereocenters. The van der Waals surface area contributed by atoms with Crippen LogP contribution in [0.3, 0.4) is 0 Å². The first-order valence-corrected chi connectivity index (χ1v) is 5.23. The molecule has 1 fully saturated rings. The van der Waals surface area contributed by atoms with Crippen LogP contribution in [0, 0.1) is 0 Å². The number of piperidine rings is 1. The Kier molecular flexibility index (Phi) is 3.01. The van der Waals surface area contributed by atoms with Crippen molar-refractivity contribution < 1.29 is 5.11 Å². The smallest absolute Gasteiger partial charge is 0.252 e. The fraction of sp³-hybridized carbons (Fsp3) is 0.600. The molecule has 0 radical (unpaired) electrons. The number of rotatable bonds is 2. The van der Waals surface area contributed by atoms with Gasteiger partial charge in [0.2, 0.25) is 0 Å². The van der Waals surface area contributed by atoms with Crippen molar-refractivity contribution in [1.82, 2.24) is 9.97 Å². The van der Waals surface area contributed by atoms with Gasteiger partial charge in [-0.15, -0.1) is 0 Å². The van der Waals surface area contributed by atoms with E-state index in [4.69, 9.17) is 0 Å². The third kappa shape index (κ3) is 2.18. The third-order valence-electron chi connectivity index (χ3n) is 2.80. The summed E-state index contributed by atoms with van der Waals surface area (Å²) in [5, 5.41) is 9.24. The summed E-state index contributed by atoms with van der Waals surface area (Å²) in [7, 11) is 0. The average Bonchev–Trinajstić information content (AvgIpc) is 2.29. The Morgan fingerprint density at radius 2 is 2.47 bits per heavy atom. The molecular weight excluding hydrogens is 194 g/mol. The molecule has 0 bridgehead atoms. The molecule has 1 saturated heterocycles. The van der Waals surface area contributed by atoms with Gasteiger partial charge < -0.3 is 15.0 Å². The minimum Gasteiger partial charge on any atom is -0.394 e. The first kappa shape index (κ1) is 10.2. The van der Waals surface area contributed by atoms with Crippen LogP contribution in [0.5, 0.6) is 0 Å². The van der Waals surface area contributed by atoms with Gasteiger partial charge in [-0.05, 0) is 19.3 Å². The van der Waals surface area contributed by atoms with Gasteiger partial charge in [-0.2, -0.15) is 0 Å². The van der Waals surface area contributed by atoms with E-state index in [0.717, 1.165) is 25.8 Å². The largest absolute Gasteiger partial charge is 0.394 e. The number of anilines is 1. The zero-order valence-electron chi connectivity index (χ0n) is 8.52. The molecule has 82 valence electrons. The number of aliphatic hydroxyl groups is 1. The highest BCUT2D eigenvalue weighted by Crippen LogP contribution is 2.21. The number of H-pyrrole nitrogens is 1. The van der Waals surface area contributed by atoms with Crippen molar-refractivity contribution in [1.29, 1.82) is 0 Å². The van der Waals surface area contributed by atoms with Gasteiger partial charge in [0.15, 0.2) is 0 Å². The molecule has 2 rings (SSSR count). The maximum Gasteiger partial charge on any atom is 0.252 e. The van der Waals surface area contributed by atoms with E-state index >= 15 is 0 Å².